The van der Waals surface area contributed by atoms with Gasteiger partial charge in [0.25, 0.3) is 0 Å². The Bertz CT molecular complexity index is 857. The zero-order valence-corrected chi connectivity index (χ0v) is 15.9. The van der Waals surface area contributed by atoms with Gasteiger partial charge in [0.2, 0.25) is 0 Å². The third kappa shape index (κ3) is 6.16. The molecule has 0 spiro atoms. The summed E-state index contributed by atoms with van der Waals surface area (Å²) in [5.74, 6) is 0. The van der Waals surface area contributed by atoms with Crippen molar-refractivity contribution in [3.8, 4) is 11.1 Å². The van der Waals surface area contributed by atoms with Crippen molar-refractivity contribution in [3.63, 3.8) is 0 Å². The van der Waals surface area contributed by atoms with Crippen molar-refractivity contribution in [1.82, 2.24) is 0 Å². The minimum Gasteiger partial charge on any atom is -0.256 e. The number of nitrogens with zero attached hydrogens (tertiary/aromatic N) is 1. The molecule has 26 heavy (non-hydrogen) atoms. The van der Waals surface area contributed by atoms with Gasteiger partial charge in [-0.05, 0) is 29.8 Å². The van der Waals surface area contributed by atoms with E-state index in [2.05, 4.69) is 29.3 Å². The van der Waals surface area contributed by atoms with Crippen LogP contribution >= 0.6 is 11.6 Å². The van der Waals surface area contributed by atoms with E-state index in [-0.39, 0.29) is 17.1 Å². The van der Waals surface area contributed by atoms with Crippen molar-refractivity contribution in [2.24, 2.45) is 4.99 Å². The summed E-state index contributed by atoms with van der Waals surface area (Å²) in [6.07, 6.45) is 1.84. The molecule has 4 rings (SSSR count). The van der Waals surface area contributed by atoms with Crippen LogP contribution in [0.4, 0.5) is 5.69 Å². The van der Waals surface area contributed by atoms with Crippen molar-refractivity contribution in [2.75, 3.05) is 0 Å². The van der Waals surface area contributed by atoms with Gasteiger partial charge in [0.1, 0.15) is 0 Å². The molecule has 0 saturated heterocycles. The Morgan fingerprint density at radius 1 is 0.769 bits per heavy atom. The van der Waals surface area contributed by atoms with Crippen molar-refractivity contribution in [2.45, 2.75) is 0 Å². The molecule has 0 fully saturated rings. The fourth-order valence-corrected chi connectivity index (χ4v) is 2.45. The van der Waals surface area contributed by atoms with Gasteiger partial charge in [0, 0.05) is 11.2 Å². The molecule has 1 nitrogen and oxygen atoms in total. The summed E-state index contributed by atoms with van der Waals surface area (Å²) >= 11 is 5.85. The molecule has 0 unspecified atom stereocenters. The zero-order chi connectivity index (χ0) is 17.3. The number of hydrogen-bond acceptors (Lipinski definition) is 1. The van der Waals surface area contributed by atoms with Gasteiger partial charge in [-0.3, -0.25) is 4.99 Å². The molecule has 0 aliphatic rings. The van der Waals surface area contributed by atoms with Crippen LogP contribution in [0.1, 0.15) is 5.56 Å². The van der Waals surface area contributed by atoms with E-state index in [4.69, 9.17) is 11.6 Å². The largest absolute Gasteiger partial charge is 2.00 e. The van der Waals surface area contributed by atoms with Crippen LogP contribution in [0.3, 0.4) is 0 Å². The summed E-state index contributed by atoms with van der Waals surface area (Å²) in [6, 6.07) is 34.1. The fraction of sp³-hybridized carbons (Fsp3) is 0. The van der Waals surface area contributed by atoms with E-state index in [1.165, 1.54) is 11.1 Å². The van der Waals surface area contributed by atoms with E-state index < -0.39 is 0 Å². The Kier molecular flexibility index (Phi) is 8.11. The summed E-state index contributed by atoms with van der Waals surface area (Å²) in [5.41, 5.74) is 4.42. The van der Waals surface area contributed by atoms with Crippen molar-refractivity contribution in [3.05, 3.63) is 114 Å². The third-order valence-electron chi connectivity index (χ3n) is 3.65. The van der Waals surface area contributed by atoms with E-state index >= 15 is 0 Å². The van der Waals surface area contributed by atoms with E-state index in [1.807, 2.05) is 85.1 Å². The number of halogens is 1. The predicted octanol–water partition coefficient (Wildman–Crippen LogP) is 6.88. The summed E-state index contributed by atoms with van der Waals surface area (Å²) in [6.45, 7) is 0. The van der Waals surface area contributed by atoms with Crippen LogP contribution in [0, 0.1) is 0 Å². The molecule has 3 heteroatoms. The van der Waals surface area contributed by atoms with Gasteiger partial charge in [-0.15, -0.1) is 6.07 Å². The maximum Gasteiger partial charge on any atom is 2.00 e. The van der Waals surface area contributed by atoms with E-state index in [1.54, 1.807) is 0 Å². The van der Waals surface area contributed by atoms with E-state index in [0.29, 0.717) is 0 Å². The zero-order valence-electron chi connectivity index (χ0n) is 14.1. The number of hydrogen-bond donors (Lipinski definition) is 0. The molecular weight excluding hydrogens is 382 g/mol. The molecule has 0 bridgehead atoms. The summed E-state index contributed by atoms with van der Waals surface area (Å²) in [4.78, 5) is 4.46. The van der Waals surface area contributed by atoms with Gasteiger partial charge in [-0.1, -0.05) is 41.4 Å². The monoisotopic (exact) mass is 399 g/mol. The van der Waals surface area contributed by atoms with Crippen LogP contribution in [-0.2, 0) is 17.1 Å². The average Bonchev–Trinajstić information content (AvgIpc) is 3.38. The topological polar surface area (TPSA) is 12.4 Å². The SMILES string of the molecule is Clc1ccc(C=Nc2ccc(-c3ccc[cH-]3)cc2)cc1.[Fe+2].c1cc[cH-]c1. The van der Waals surface area contributed by atoms with Crippen LogP contribution in [0.5, 0.6) is 0 Å². The van der Waals surface area contributed by atoms with Crippen molar-refractivity contribution < 1.29 is 17.1 Å². The first-order valence-corrected chi connectivity index (χ1v) is 8.47. The van der Waals surface area contributed by atoms with Crippen LogP contribution in [0.2, 0.25) is 5.02 Å². The molecular formula is C23H18ClFeN. The average molecular weight is 400 g/mol. The maximum absolute atomic E-state index is 5.85. The fourth-order valence-electron chi connectivity index (χ4n) is 2.33. The van der Waals surface area contributed by atoms with Crippen LogP contribution in [-0.4, -0.2) is 6.21 Å². The first kappa shape index (κ1) is 19.9. The normalized spacial score (nSPS) is 10.0. The molecule has 0 aromatic heterocycles. The molecule has 4 aromatic rings. The molecule has 0 heterocycles. The van der Waals surface area contributed by atoms with Gasteiger partial charge in [-0.2, -0.15) is 42.0 Å². The maximum atomic E-state index is 5.85. The number of benzene rings is 2. The van der Waals surface area contributed by atoms with Crippen LogP contribution in [0.15, 0.2) is 108 Å². The minimum absolute atomic E-state index is 0. The summed E-state index contributed by atoms with van der Waals surface area (Å²) in [5, 5.41) is 0.737. The Labute approximate surface area is 170 Å². The number of rotatable bonds is 3. The molecule has 0 amide bonds. The first-order valence-electron chi connectivity index (χ1n) is 8.10. The summed E-state index contributed by atoms with van der Waals surface area (Å²) in [7, 11) is 0. The smallest absolute Gasteiger partial charge is 0.256 e. The minimum atomic E-state index is 0. The van der Waals surface area contributed by atoms with Crippen molar-refractivity contribution in [1.29, 1.82) is 0 Å². The second-order valence-electron chi connectivity index (χ2n) is 5.49. The van der Waals surface area contributed by atoms with Gasteiger partial charge in [0.05, 0.1) is 5.69 Å². The predicted molar refractivity (Wildman–Crippen MR) is 108 cm³/mol. The molecule has 0 saturated carbocycles. The second-order valence-corrected chi connectivity index (χ2v) is 5.93. The molecule has 130 valence electrons. The van der Waals surface area contributed by atoms with Gasteiger partial charge < -0.3 is 0 Å². The first-order chi connectivity index (χ1) is 12.3. The standard InChI is InChI=1S/C18H13ClN.C5H5.Fe/c19-17-9-5-14(6-10-17)13-20-18-11-7-16(8-12-18)15-3-1-2-4-15;1-2-4-5-3-1;/h1-13H;1-5H;/q2*-1;+2. The van der Waals surface area contributed by atoms with E-state index in [9.17, 15) is 0 Å². The van der Waals surface area contributed by atoms with E-state index in [0.717, 1.165) is 16.3 Å². The summed E-state index contributed by atoms with van der Waals surface area (Å²) < 4.78 is 0. The molecule has 0 radical (unpaired) electrons. The Morgan fingerprint density at radius 3 is 2.00 bits per heavy atom. The Hall–Kier alpha value is -2.38. The number of aliphatic imine (C=N–C) groups is 1. The van der Waals surface area contributed by atoms with Crippen molar-refractivity contribution >= 4 is 23.5 Å². The van der Waals surface area contributed by atoms with Gasteiger partial charge in [-0.25, -0.2) is 12.1 Å². The van der Waals surface area contributed by atoms with Crippen LogP contribution in [0.25, 0.3) is 11.1 Å². The Balaban J connectivity index is 0.000000351. The molecule has 0 N–H and O–H groups in total. The Morgan fingerprint density at radius 2 is 1.46 bits per heavy atom. The van der Waals surface area contributed by atoms with Gasteiger partial charge >= 0.3 is 17.1 Å². The second kappa shape index (κ2) is 10.6. The third-order valence-corrected chi connectivity index (χ3v) is 3.90. The van der Waals surface area contributed by atoms with Crippen LogP contribution < -0.4 is 0 Å². The quantitative estimate of drug-likeness (QED) is 0.202. The molecule has 0 aliphatic carbocycles. The van der Waals surface area contributed by atoms with Gasteiger partial charge in [0.15, 0.2) is 0 Å². The molecule has 0 aliphatic heterocycles. The molecule has 4 aromatic carbocycles. The molecule has 0 atom stereocenters.